The maximum absolute atomic E-state index is 12.0. The highest BCUT2D eigenvalue weighted by Gasteiger charge is 2.19. The second kappa shape index (κ2) is 4.76. The summed E-state index contributed by atoms with van der Waals surface area (Å²) in [6, 6.07) is 5.14. The van der Waals surface area contributed by atoms with Crippen molar-refractivity contribution < 1.29 is 8.42 Å². The summed E-state index contributed by atoms with van der Waals surface area (Å²) in [6.45, 7) is 2.05. The maximum atomic E-state index is 12.0. The number of aryl methyl sites for hydroxylation is 2. The third-order valence-electron chi connectivity index (χ3n) is 3.09. The standard InChI is InChI=1S/C12H18N2O2S/c1-9(8-13)14-17(15,16)12-6-5-10-3-2-4-11(10)7-12/h5-7,9,14H,2-4,8,13H2,1H3/t9-/m0/s1. The molecule has 0 bridgehead atoms. The van der Waals surface area contributed by atoms with E-state index in [9.17, 15) is 8.42 Å². The molecule has 3 N–H and O–H groups in total. The van der Waals surface area contributed by atoms with Gasteiger partial charge in [-0.15, -0.1) is 0 Å². The number of rotatable bonds is 4. The van der Waals surface area contributed by atoms with Gasteiger partial charge in [-0.05, 0) is 49.4 Å². The first-order chi connectivity index (χ1) is 8.03. The minimum atomic E-state index is -3.42. The molecular formula is C12H18N2O2S. The fourth-order valence-electron chi connectivity index (χ4n) is 2.10. The van der Waals surface area contributed by atoms with E-state index >= 15 is 0 Å². The number of fused-ring (bicyclic) bond motifs is 1. The summed E-state index contributed by atoms with van der Waals surface area (Å²) in [7, 11) is -3.42. The van der Waals surface area contributed by atoms with Crippen LogP contribution in [-0.2, 0) is 22.9 Å². The van der Waals surface area contributed by atoms with Crippen molar-refractivity contribution >= 4 is 10.0 Å². The Bertz CT molecular complexity index is 511. The highest BCUT2D eigenvalue weighted by Crippen LogP contribution is 2.24. The van der Waals surface area contributed by atoms with E-state index in [1.807, 2.05) is 6.07 Å². The zero-order chi connectivity index (χ0) is 12.5. The highest BCUT2D eigenvalue weighted by molar-refractivity contribution is 7.89. The van der Waals surface area contributed by atoms with Crippen LogP contribution in [0.2, 0.25) is 0 Å². The number of benzene rings is 1. The van der Waals surface area contributed by atoms with Crippen LogP contribution in [0.3, 0.4) is 0 Å². The second-order valence-electron chi connectivity index (χ2n) is 4.54. The number of sulfonamides is 1. The molecule has 5 heteroatoms. The highest BCUT2D eigenvalue weighted by atomic mass is 32.2. The third kappa shape index (κ3) is 2.68. The predicted molar refractivity (Wildman–Crippen MR) is 67.3 cm³/mol. The lowest BCUT2D eigenvalue weighted by molar-refractivity contribution is 0.562. The van der Waals surface area contributed by atoms with Crippen molar-refractivity contribution in [3.05, 3.63) is 29.3 Å². The lowest BCUT2D eigenvalue weighted by Crippen LogP contribution is -2.37. The molecule has 1 aromatic carbocycles. The molecule has 0 fully saturated rings. The predicted octanol–water partition coefficient (Wildman–Crippen LogP) is 0.801. The summed E-state index contributed by atoms with van der Waals surface area (Å²) in [4.78, 5) is 0.346. The molecular weight excluding hydrogens is 236 g/mol. The van der Waals surface area contributed by atoms with Gasteiger partial charge in [0.05, 0.1) is 4.90 Å². The fourth-order valence-corrected chi connectivity index (χ4v) is 3.40. The number of hydrogen-bond acceptors (Lipinski definition) is 3. The lowest BCUT2D eigenvalue weighted by Gasteiger charge is -2.12. The molecule has 2 rings (SSSR count). The molecule has 4 nitrogen and oxygen atoms in total. The van der Waals surface area contributed by atoms with Crippen LogP contribution in [0, 0.1) is 0 Å². The van der Waals surface area contributed by atoms with Crippen LogP contribution >= 0.6 is 0 Å². The second-order valence-corrected chi connectivity index (χ2v) is 6.26. The quantitative estimate of drug-likeness (QED) is 0.835. The van der Waals surface area contributed by atoms with Crippen molar-refractivity contribution in [3.63, 3.8) is 0 Å². The maximum Gasteiger partial charge on any atom is 0.240 e. The van der Waals surface area contributed by atoms with Crippen LogP contribution in [0.4, 0.5) is 0 Å². The van der Waals surface area contributed by atoms with E-state index in [4.69, 9.17) is 5.73 Å². The summed E-state index contributed by atoms with van der Waals surface area (Å²) in [5.74, 6) is 0. The normalized spacial score (nSPS) is 16.8. The van der Waals surface area contributed by atoms with Gasteiger partial charge in [0.1, 0.15) is 0 Å². The van der Waals surface area contributed by atoms with Crippen molar-refractivity contribution in [2.75, 3.05) is 6.54 Å². The van der Waals surface area contributed by atoms with Crippen LogP contribution in [-0.4, -0.2) is 21.0 Å². The molecule has 94 valence electrons. The van der Waals surface area contributed by atoms with Gasteiger partial charge in [0, 0.05) is 12.6 Å². The fraction of sp³-hybridized carbons (Fsp3) is 0.500. The molecule has 0 unspecified atom stereocenters. The van der Waals surface area contributed by atoms with Gasteiger partial charge in [0.2, 0.25) is 10.0 Å². The molecule has 0 aromatic heterocycles. The molecule has 0 amide bonds. The molecule has 1 atom stereocenters. The van der Waals surface area contributed by atoms with E-state index < -0.39 is 10.0 Å². The Balaban J connectivity index is 2.28. The first-order valence-corrected chi connectivity index (χ1v) is 7.35. The van der Waals surface area contributed by atoms with Gasteiger partial charge >= 0.3 is 0 Å². The minimum absolute atomic E-state index is 0.242. The molecule has 0 heterocycles. The van der Waals surface area contributed by atoms with Gasteiger partial charge in [-0.2, -0.15) is 0 Å². The average molecular weight is 254 g/mol. The van der Waals surface area contributed by atoms with Crippen LogP contribution < -0.4 is 10.5 Å². The minimum Gasteiger partial charge on any atom is -0.329 e. The van der Waals surface area contributed by atoms with Crippen molar-refractivity contribution in [1.29, 1.82) is 0 Å². The van der Waals surface area contributed by atoms with Gasteiger partial charge in [0.25, 0.3) is 0 Å². The molecule has 1 aliphatic carbocycles. The van der Waals surface area contributed by atoms with Crippen molar-refractivity contribution in [2.24, 2.45) is 5.73 Å². The zero-order valence-corrected chi connectivity index (χ0v) is 10.8. The van der Waals surface area contributed by atoms with E-state index in [0.29, 0.717) is 11.4 Å². The summed E-state index contributed by atoms with van der Waals surface area (Å²) in [6.07, 6.45) is 3.15. The van der Waals surface area contributed by atoms with Gasteiger partial charge in [0.15, 0.2) is 0 Å². The molecule has 17 heavy (non-hydrogen) atoms. The van der Waals surface area contributed by atoms with Gasteiger partial charge < -0.3 is 5.73 Å². The van der Waals surface area contributed by atoms with E-state index in [2.05, 4.69) is 4.72 Å². The average Bonchev–Trinajstić information content (AvgIpc) is 2.75. The zero-order valence-electron chi connectivity index (χ0n) is 9.94. The van der Waals surface area contributed by atoms with Crippen molar-refractivity contribution in [2.45, 2.75) is 37.1 Å². The topological polar surface area (TPSA) is 72.2 Å². The molecule has 1 aliphatic rings. The van der Waals surface area contributed by atoms with Gasteiger partial charge in [-0.3, -0.25) is 0 Å². The summed E-state index contributed by atoms with van der Waals surface area (Å²) >= 11 is 0. The van der Waals surface area contributed by atoms with E-state index in [0.717, 1.165) is 24.8 Å². The summed E-state index contributed by atoms with van der Waals surface area (Å²) in [5, 5.41) is 0. The Hall–Kier alpha value is -0.910. The Kier molecular flexibility index (Phi) is 3.51. The Morgan fingerprint density at radius 3 is 2.76 bits per heavy atom. The van der Waals surface area contributed by atoms with Crippen molar-refractivity contribution in [1.82, 2.24) is 4.72 Å². The van der Waals surface area contributed by atoms with E-state index in [-0.39, 0.29) is 6.04 Å². The first kappa shape index (κ1) is 12.5. The summed E-state index contributed by atoms with van der Waals surface area (Å²) in [5.41, 5.74) is 7.85. The van der Waals surface area contributed by atoms with E-state index in [1.54, 1.807) is 19.1 Å². The number of nitrogens with one attached hydrogen (secondary N) is 1. The van der Waals surface area contributed by atoms with Crippen LogP contribution in [0.15, 0.2) is 23.1 Å². The molecule has 1 aromatic rings. The van der Waals surface area contributed by atoms with Gasteiger partial charge in [-0.1, -0.05) is 6.07 Å². The Morgan fingerprint density at radius 2 is 2.06 bits per heavy atom. The van der Waals surface area contributed by atoms with Crippen molar-refractivity contribution in [3.8, 4) is 0 Å². The van der Waals surface area contributed by atoms with Crippen LogP contribution in [0.1, 0.15) is 24.5 Å². The Labute approximate surface area is 102 Å². The number of nitrogens with two attached hydrogens (primary N) is 1. The molecule has 0 aliphatic heterocycles. The molecule has 0 spiro atoms. The Morgan fingerprint density at radius 1 is 1.35 bits per heavy atom. The number of hydrogen-bond donors (Lipinski definition) is 2. The largest absolute Gasteiger partial charge is 0.329 e. The van der Waals surface area contributed by atoms with Gasteiger partial charge in [-0.25, -0.2) is 13.1 Å². The first-order valence-electron chi connectivity index (χ1n) is 5.87. The third-order valence-corrected chi connectivity index (χ3v) is 4.68. The lowest BCUT2D eigenvalue weighted by atomic mass is 10.1. The van der Waals surface area contributed by atoms with Crippen LogP contribution in [0.25, 0.3) is 0 Å². The molecule has 0 saturated heterocycles. The van der Waals surface area contributed by atoms with Crippen LogP contribution in [0.5, 0.6) is 0 Å². The van der Waals surface area contributed by atoms with E-state index in [1.165, 1.54) is 5.56 Å². The monoisotopic (exact) mass is 254 g/mol. The molecule has 0 radical (unpaired) electrons. The summed E-state index contributed by atoms with van der Waals surface area (Å²) < 4.78 is 26.6. The smallest absolute Gasteiger partial charge is 0.240 e. The molecule has 0 saturated carbocycles. The SMILES string of the molecule is C[C@@H](CN)NS(=O)(=O)c1ccc2c(c1)CCC2.